The number of hydrogen-bond donors (Lipinski definition) is 2. The van der Waals surface area contributed by atoms with E-state index in [-0.39, 0.29) is 18.2 Å². The van der Waals surface area contributed by atoms with Gasteiger partial charge in [-0.25, -0.2) is 19.0 Å². The van der Waals surface area contributed by atoms with Gasteiger partial charge < -0.3 is 19.5 Å². The molecule has 0 bridgehead atoms. The van der Waals surface area contributed by atoms with E-state index in [0.29, 0.717) is 35.9 Å². The molecule has 38 heavy (non-hydrogen) atoms. The second-order valence-electron chi connectivity index (χ2n) is 8.55. The fraction of sp³-hybridized carbons (Fsp3) is 0.269. The molecule has 12 heteroatoms. The van der Waals surface area contributed by atoms with Crippen molar-refractivity contribution in [3.05, 3.63) is 82.8 Å². The minimum Gasteiger partial charge on any atom is -0.447 e. The number of nitrogens with one attached hydrogen (secondary N) is 2. The van der Waals surface area contributed by atoms with Gasteiger partial charge in [0.05, 0.1) is 11.1 Å². The summed E-state index contributed by atoms with van der Waals surface area (Å²) in [6.07, 6.45) is 1.67. The molecule has 0 aliphatic rings. The van der Waals surface area contributed by atoms with Crippen LogP contribution in [-0.2, 0) is 17.7 Å². The van der Waals surface area contributed by atoms with Crippen LogP contribution < -0.4 is 10.6 Å². The second kappa shape index (κ2) is 12.3. The first-order valence-electron chi connectivity index (χ1n) is 11.8. The van der Waals surface area contributed by atoms with E-state index in [2.05, 4.69) is 25.8 Å². The third-order valence-electron chi connectivity index (χ3n) is 5.86. The number of amides is 3. The summed E-state index contributed by atoms with van der Waals surface area (Å²) in [7, 11) is 1.57. The smallest absolute Gasteiger partial charge is 0.412 e. The van der Waals surface area contributed by atoms with Crippen LogP contribution in [0.15, 0.2) is 59.3 Å². The topological polar surface area (TPSA) is 122 Å². The Kier molecular flexibility index (Phi) is 8.70. The first kappa shape index (κ1) is 26.8. The Labute approximate surface area is 223 Å². The molecule has 2 aromatic carbocycles. The maximum atomic E-state index is 13.7. The maximum Gasteiger partial charge on any atom is 0.412 e. The van der Waals surface area contributed by atoms with Gasteiger partial charge in [0, 0.05) is 31.6 Å². The van der Waals surface area contributed by atoms with E-state index >= 15 is 0 Å². The monoisotopic (exact) mass is 540 g/mol. The number of pyridine rings is 1. The predicted molar refractivity (Wildman–Crippen MR) is 139 cm³/mol. The van der Waals surface area contributed by atoms with Gasteiger partial charge in [0.25, 0.3) is 0 Å². The Morgan fingerprint density at radius 2 is 1.97 bits per heavy atom. The molecule has 0 saturated heterocycles. The molecular weight excluding hydrogens is 515 g/mol. The van der Waals surface area contributed by atoms with Crippen molar-refractivity contribution in [1.29, 1.82) is 0 Å². The SMILES string of the molecule is Cc1noc(CC[C@@H](COC(=O)Nc2cc3ccccc3cn2)N(C)C(=O)NCc2cccc(F)c2Cl)n1. The van der Waals surface area contributed by atoms with Crippen molar-refractivity contribution >= 4 is 40.3 Å². The van der Waals surface area contributed by atoms with Gasteiger partial charge in [0.15, 0.2) is 5.82 Å². The first-order chi connectivity index (χ1) is 18.3. The molecule has 0 unspecified atom stereocenters. The Balaban J connectivity index is 1.38. The van der Waals surface area contributed by atoms with Crippen molar-refractivity contribution in [3.8, 4) is 0 Å². The number of carbonyl (C=O) groups excluding carboxylic acids is 2. The number of ether oxygens (including phenoxy) is 1. The van der Waals surface area contributed by atoms with Crippen molar-refractivity contribution < 1.29 is 23.2 Å². The molecule has 3 amide bonds. The standard InChI is InChI=1S/C26H26ClFN6O4/c1-16-31-23(38-33-16)11-10-20(34(2)25(35)30-14-19-8-5-9-21(28)24(19)27)15-37-26(36)32-22-12-17-6-3-4-7-18(17)13-29-22/h3-9,12-13,20H,10-11,14-15H2,1-2H3,(H,30,35)(H,29,32,36)/t20-/m0/s1. The summed E-state index contributed by atoms with van der Waals surface area (Å²) in [5.41, 5.74) is 0.435. The van der Waals surface area contributed by atoms with Gasteiger partial charge in [0.2, 0.25) is 5.89 Å². The van der Waals surface area contributed by atoms with Crippen LogP contribution in [0.4, 0.5) is 19.8 Å². The molecule has 0 spiro atoms. The molecular formula is C26H26ClFN6O4. The van der Waals surface area contributed by atoms with Crippen LogP contribution in [0.25, 0.3) is 10.8 Å². The van der Waals surface area contributed by atoms with Gasteiger partial charge in [-0.05, 0) is 36.4 Å². The highest BCUT2D eigenvalue weighted by molar-refractivity contribution is 6.31. The van der Waals surface area contributed by atoms with Gasteiger partial charge in [-0.2, -0.15) is 4.98 Å². The molecule has 0 saturated carbocycles. The molecule has 198 valence electrons. The molecule has 4 rings (SSSR count). The van der Waals surface area contributed by atoms with Crippen molar-refractivity contribution in [3.63, 3.8) is 0 Å². The zero-order valence-electron chi connectivity index (χ0n) is 20.8. The summed E-state index contributed by atoms with van der Waals surface area (Å²) in [6, 6.07) is 12.7. The zero-order chi connectivity index (χ0) is 27.1. The Hall–Kier alpha value is -4.25. The van der Waals surface area contributed by atoms with Crippen LogP contribution in [0.5, 0.6) is 0 Å². The molecule has 2 aromatic heterocycles. The lowest BCUT2D eigenvalue weighted by Gasteiger charge is -2.28. The number of fused-ring (bicyclic) bond motifs is 1. The number of halogens is 2. The van der Waals surface area contributed by atoms with E-state index in [1.807, 2.05) is 24.3 Å². The van der Waals surface area contributed by atoms with E-state index in [0.717, 1.165) is 10.8 Å². The highest BCUT2D eigenvalue weighted by Gasteiger charge is 2.23. The van der Waals surface area contributed by atoms with E-state index in [9.17, 15) is 14.0 Å². The molecule has 0 fully saturated rings. The van der Waals surface area contributed by atoms with Crippen LogP contribution in [0.3, 0.4) is 0 Å². The Bertz CT molecular complexity index is 1430. The van der Waals surface area contributed by atoms with Crippen molar-refractivity contribution in [2.45, 2.75) is 32.4 Å². The summed E-state index contributed by atoms with van der Waals surface area (Å²) in [5.74, 6) is 0.662. The van der Waals surface area contributed by atoms with Crippen LogP contribution in [0.2, 0.25) is 5.02 Å². The summed E-state index contributed by atoms with van der Waals surface area (Å²) in [4.78, 5) is 35.2. The summed E-state index contributed by atoms with van der Waals surface area (Å²) in [5, 5.41) is 10.9. The highest BCUT2D eigenvalue weighted by atomic mass is 35.5. The Morgan fingerprint density at radius 1 is 1.18 bits per heavy atom. The molecule has 0 aliphatic heterocycles. The van der Waals surface area contributed by atoms with Gasteiger partial charge in [-0.15, -0.1) is 0 Å². The Morgan fingerprint density at radius 3 is 2.74 bits per heavy atom. The normalized spacial score (nSPS) is 11.7. The third kappa shape index (κ3) is 6.94. The van der Waals surface area contributed by atoms with E-state index < -0.39 is 24.0 Å². The molecule has 2 heterocycles. The average Bonchev–Trinajstić information content (AvgIpc) is 3.33. The van der Waals surface area contributed by atoms with Crippen LogP contribution in [0.1, 0.15) is 23.7 Å². The lowest BCUT2D eigenvalue weighted by Crippen LogP contribution is -2.46. The molecule has 0 radical (unpaired) electrons. The van der Waals surface area contributed by atoms with Crippen molar-refractivity contribution in [2.24, 2.45) is 0 Å². The molecule has 0 aliphatic carbocycles. The number of aryl methyl sites for hydroxylation is 2. The summed E-state index contributed by atoms with van der Waals surface area (Å²) < 4.78 is 24.3. The van der Waals surface area contributed by atoms with E-state index in [1.54, 1.807) is 32.3 Å². The first-order valence-corrected chi connectivity index (χ1v) is 12.2. The largest absolute Gasteiger partial charge is 0.447 e. The number of carbonyl (C=O) groups is 2. The second-order valence-corrected chi connectivity index (χ2v) is 8.93. The number of aromatic nitrogens is 3. The van der Waals surface area contributed by atoms with Crippen LogP contribution in [0, 0.1) is 12.7 Å². The predicted octanol–water partition coefficient (Wildman–Crippen LogP) is 5.11. The zero-order valence-corrected chi connectivity index (χ0v) is 21.5. The lowest BCUT2D eigenvalue weighted by molar-refractivity contribution is 0.113. The van der Waals surface area contributed by atoms with Gasteiger partial charge in [0.1, 0.15) is 18.2 Å². The number of hydrogen-bond acceptors (Lipinski definition) is 7. The van der Waals surface area contributed by atoms with Crippen LogP contribution >= 0.6 is 11.6 Å². The average molecular weight is 541 g/mol. The van der Waals surface area contributed by atoms with Crippen LogP contribution in [-0.4, -0.2) is 51.8 Å². The molecule has 2 N–H and O–H groups in total. The number of nitrogens with zero attached hydrogens (tertiary/aromatic N) is 4. The van der Waals surface area contributed by atoms with E-state index in [1.165, 1.54) is 17.0 Å². The summed E-state index contributed by atoms with van der Waals surface area (Å²) >= 11 is 5.99. The van der Waals surface area contributed by atoms with Gasteiger partial charge >= 0.3 is 12.1 Å². The molecule has 10 nitrogen and oxygen atoms in total. The number of rotatable bonds is 9. The number of anilines is 1. The van der Waals surface area contributed by atoms with Gasteiger partial charge in [-0.1, -0.05) is 53.2 Å². The lowest BCUT2D eigenvalue weighted by atomic mass is 10.1. The number of likely N-dealkylation sites (N-methyl/N-ethyl adjacent to an activating group) is 1. The van der Waals surface area contributed by atoms with E-state index in [4.69, 9.17) is 20.9 Å². The third-order valence-corrected chi connectivity index (χ3v) is 6.28. The fourth-order valence-electron chi connectivity index (χ4n) is 3.73. The van der Waals surface area contributed by atoms with Gasteiger partial charge in [-0.3, -0.25) is 5.32 Å². The minimum atomic E-state index is -0.716. The fourth-order valence-corrected chi connectivity index (χ4v) is 3.92. The number of benzene rings is 2. The quantitative estimate of drug-likeness (QED) is 0.302. The maximum absolute atomic E-state index is 13.7. The molecule has 4 aromatic rings. The number of urea groups is 1. The van der Waals surface area contributed by atoms with Crippen molar-refractivity contribution in [1.82, 2.24) is 25.3 Å². The summed E-state index contributed by atoms with van der Waals surface area (Å²) in [6.45, 7) is 1.61. The highest BCUT2D eigenvalue weighted by Crippen LogP contribution is 2.20. The van der Waals surface area contributed by atoms with Crippen molar-refractivity contribution in [2.75, 3.05) is 19.0 Å². The molecule has 1 atom stereocenters. The minimum absolute atomic E-state index is 0.0182.